The molecule has 1 unspecified atom stereocenters. The molecule has 1 N–H and O–H groups in total. The van der Waals surface area contributed by atoms with Gasteiger partial charge in [0.2, 0.25) is 0 Å². The van der Waals surface area contributed by atoms with Crippen LogP contribution in [0.4, 0.5) is 4.39 Å². The maximum atomic E-state index is 14.8. The van der Waals surface area contributed by atoms with E-state index in [2.05, 4.69) is 24.1 Å². The van der Waals surface area contributed by atoms with Gasteiger partial charge in [0, 0.05) is 43.9 Å². The molecule has 2 atom stereocenters. The third-order valence-electron chi connectivity index (χ3n) is 4.65. The normalized spacial score (nSPS) is 18.5. The van der Waals surface area contributed by atoms with E-state index in [4.69, 9.17) is 9.47 Å². The molecule has 1 saturated heterocycles. The van der Waals surface area contributed by atoms with Crippen LogP contribution >= 0.6 is 0 Å². The third-order valence-corrected chi connectivity index (χ3v) is 4.65. The van der Waals surface area contributed by atoms with E-state index in [9.17, 15) is 4.39 Å². The van der Waals surface area contributed by atoms with E-state index in [1.807, 2.05) is 6.07 Å². The van der Waals surface area contributed by atoms with E-state index in [1.54, 1.807) is 7.11 Å². The van der Waals surface area contributed by atoms with Gasteiger partial charge in [0.25, 0.3) is 0 Å². The second-order valence-corrected chi connectivity index (χ2v) is 6.23. The fraction of sp³-hybridized carbons (Fsp3) is 0.667. The topological polar surface area (TPSA) is 33.7 Å². The van der Waals surface area contributed by atoms with Crippen LogP contribution in [0.3, 0.4) is 0 Å². The Labute approximate surface area is 139 Å². The molecule has 0 saturated carbocycles. The van der Waals surface area contributed by atoms with Crippen molar-refractivity contribution in [3.63, 3.8) is 0 Å². The number of nitrogens with zero attached hydrogens (tertiary/aromatic N) is 1. The summed E-state index contributed by atoms with van der Waals surface area (Å²) in [6, 6.07) is 3.33. The summed E-state index contributed by atoms with van der Waals surface area (Å²) < 4.78 is 25.4. The van der Waals surface area contributed by atoms with Gasteiger partial charge in [-0.05, 0) is 18.4 Å². The van der Waals surface area contributed by atoms with Crippen LogP contribution in [0.25, 0.3) is 0 Å². The lowest BCUT2D eigenvalue weighted by Crippen LogP contribution is -2.46. The molecular weight excluding hydrogens is 295 g/mol. The number of benzene rings is 1. The minimum atomic E-state index is -0.214. The molecule has 1 fully saturated rings. The first-order valence-electron chi connectivity index (χ1n) is 8.48. The number of methoxy groups -OCH3 is 2. The van der Waals surface area contributed by atoms with Crippen molar-refractivity contribution >= 4 is 0 Å². The van der Waals surface area contributed by atoms with Gasteiger partial charge in [0.15, 0.2) is 11.5 Å². The summed E-state index contributed by atoms with van der Waals surface area (Å²) in [6.07, 6.45) is 2.17. The van der Waals surface area contributed by atoms with Crippen molar-refractivity contribution in [3.8, 4) is 11.5 Å². The summed E-state index contributed by atoms with van der Waals surface area (Å²) in [7, 11) is 3.12. The minimum Gasteiger partial charge on any atom is -0.493 e. The predicted molar refractivity (Wildman–Crippen MR) is 90.8 cm³/mol. The maximum Gasteiger partial charge on any atom is 0.163 e. The van der Waals surface area contributed by atoms with E-state index in [-0.39, 0.29) is 11.9 Å². The molecule has 0 aromatic heterocycles. The van der Waals surface area contributed by atoms with Crippen LogP contribution in [0.5, 0.6) is 11.5 Å². The Morgan fingerprint density at radius 3 is 2.35 bits per heavy atom. The number of halogens is 1. The van der Waals surface area contributed by atoms with Crippen molar-refractivity contribution in [1.82, 2.24) is 10.2 Å². The van der Waals surface area contributed by atoms with E-state index in [0.29, 0.717) is 23.0 Å². The average molecular weight is 324 g/mol. The lowest BCUT2D eigenvalue weighted by atomic mass is 9.88. The molecule has 1 aliphatic heterocycles. The molecule has 5 heteroatoms. The Bertz CT molecular complexity index is 504. The number of rotatable bonds is 7. The number of hydrogen-bond acceptors (Lipinski definition) is 4. The van der Waals surface area contributed by atoms with E-state index < -0.39 is 0 Å². The molecule has 1 aromatic carbocycles. The Kier molecular flexibility index (Phi) is 6.66. The number of nitrogens with one attached hydrogen (secondary N) is 1. The Balaban J connectivity index is 2.41. The summed E-state index contributed by atoms with van der Waals surface area (Å²) in [6.45, 7) is 8.16. The zero-order valence-corrected chi connectivity index (χ0v) is 14.7. The highest BCUT2D eigenvalue weighted by atomic mass is 19.1. The van der Waals surface area contributed by atoms with Gasteiger partial charge in [-0.3, -0.25) is 4.90 Å². The van der Waals surface area contributed by atoms with Crippen molar-refractivity contribution in [3.05, 3.63) is 23.5 Å². The minimum absolute atomic E-state index is 0.0665. The van der Waals surface area contributed by atoms with Crippen molar-refractivity contribution in [1.29, 1.82) is 0 Å². The largest absolute Gasteiger partial charge is 0.493 e. The van der Waals surface area contributed by atoms with Crippen molar-refractivity contribution < 1.29 is 13.9 Å². The molecule has 0 radical (unpaired) electrons. The first-order chi connectivity index (χ1) is 11.1. The highest BCUT2D eigenvalue weighted by Crippen LogP contribution is 2.38. The van der Waals surface area contributed by atoms with Gasteiger partial charge in [-0.15, -0.1) is 0 Å². The first kappa shape index (κ1) is 18.0. The molecule has 2 rings (SSSR count). The standard InChI is InChI=1S/C18H29FN2O2/c1-5-6-13(2)18(21-9-7-20-8-10-21)14-11-16(22-3)17(23-4)12-15(14)19/h11-13,18,20H,5-10H2,1-4H3/t13?,18-/m1/s1. The van der Waals surface area contributed by atoms with Crippen molar-refractivity contribution in [2.75, 3.05) is 40.4 Å². The smallest absolute Gasteiger partial charge is 0.163 e. The molecule has 1 aliphatic rings. The Morgan fingerprint density at radius 2 is 1.78 bits per heavy atom. The monoisotopic (exact) mass is 324 g/mol. The van der Waals surface area contributed by atoms with Gasteiger partial charge >= 0.3 is 0 Å². The van der Waals surface area contributed by atoms with Crippen molar-refractivity contribution in [2.45, 2.75) is 32.7 Å². The zero-order valence-electron chi connectivity index (χ0n) is 14.7. The molecule has 1 heterocycles. The second-order valence-electron chi connectivity index (χ2n) is 6.23. The molecule has 4 nitrogen and oxygen atoms in total. The molecule has 0 spiro atoms. The van der Waals surface area contributed by atoms with Crippen LogP contribution in [0, 0.1) is 11.7 Å². The molecule has 23 heavy (non-hydrogen) atoms. The quantitative estimate of drug-likeness (QED) is 0.835. The number of hydrogen-bond donors (Lipinski definition) is 1. The summed E-state index contributed by atoms with van der Waals surface area (Å²) in [4.78, 5) is 2.39. The molecule has 0 aliphatic carbocycles. The zero-order chi connectivity index (χ0) is 16.8. The van der Waals surface area contributed by atoms with Crippen LogP contribution < -0.4 is 14.8 Å². The SMILES string of the molecule is CCCC(C)[C@H](c1cc(OC)c(OC)cc1F)N1CCNCC1. The number of piperazine rings is 1. The van der Waals surface area contributed by atoms with Crippen LogP contribution in [-0.2, 0) is 0 Å². The Hall–Kier alpha value is -1.33. The average Bonchev–Trinajstić information content (AvgIpc) is 2.57. The van der Waals surface area contributed by atoms with Gasteiger partial charge in [0.1, 0.15) is 5.82 Å². The van der Waals surface area contributed by atoms with Gasteiger partial charge in [-0.25, -0.2) is 4.39 Å². The van der Waals surface area contributed by atoms with E-state index in [1.165, 1.54) is 13.2 Å². The molecule has 130 valence electrons. The van der Waals surface area contributed by atoms with Gasteiger partial charge in [0.05, 0.1) is 14.2 Å². The summed E-state index contributed by atoms with van der Waals surface area (Å²) in [5, 5.41) is 3.37. The summed E-state index contributed by atoms with van der Waals surface area (Å²) in [5.74, 6) is 1.20. The van der Waals surface area contributed by atoms with Crippen LogP contribution in [0.15, 0.2) is 12.1 Å². The second kappa shape index (κ2) is 8.50. The lowest BCUT2D eigenvalue weighted by Gasteiger charge is -2.39. The fourth-order valence-corrected chi connectivity index (χ4v) is 3.53. The van der Waals surface area contributed by atoms with Gasteiger partial charge in [-0.2, -0.15) is 0 Å². The Morgan fingerprint density at radius 1 is 1.17 bits per heavy atom. The molecular formula is C18H29FN2O2. The lowest BCUT2D eigenvalue weighted by molar-refractivity contribution is 0.122. The third kappa shape index (κ3) is 4.15. The number of ether oxygens (including phenoxy) is 2. The summed E-state index contributed by atoms with van der Waals surface area (Å²) >= 11 is 0. The first-order valence-corrected chi connectivity index (χ1v) is 8.48. The molecule has 0 bridgehead atoms. The van der Waals surface area contributed by atoms with Crippen molar-refractivity contribution in [2.24, 2.45) is 5.92 Å². The van der Waals surface area contributed by atoms with E-state index in [0.717, 1.165) is 39.0 Å². The van der Waals surface area contributed by atoms with Crippen LogP contribution in [0.1, 0.15) is 38.3 Å². The van der Waals surface area contributed by atoms with Crippen LogP contribution in [-0.4, -0.2) is 45.3 Å². The highest BCUT2D eigenvalue weighted by molar-refractivity contribution is 5.45. The van der Waals surface area contributed by atoms with Crippen LogP contribution in [0.2, 0.25) is 0 Å². The fourth-order valence-electron chi connectivity index (χ4n) is 3.53. The van der Waals surface area contributed by atoms with E-state index >= 15 is 0 Å². The van der Waals surface area contributed by atoms with Gasteiger partial charge < -0.3 is 14.8 Å². The maximum absolute atomic E-state index is 14.8. The highest BCUT2D eigenvalue weighted by Gasteiger charge is 2.30. The molecule has 0 amide bonds. The summed E-state index contributed by atoms with van der Waals surface area (Å²) in [5.41, 5.74) is 0.713. The van der Waals surface area contributed by atoms with Gasteiger partial charge in [-0.1, -0.05) is 20.3 Å². The molecule has 1 aromatic rings. The predicted octanol–water partition coefficient (Wildman–Crippen LogP) is 3.23.